The van der Waals surface area contributed by atoms with Crippen molar-refractivity contribution in [3.05, 3.63) is 53.9 Å². The van der Waals surface area contributed by atoms with Gasteiger partial charge >= 0.3 is 0 Å². The Labute approximate surface area is 171 Å². The molecule has 29 heavy (non-hydrogen) atoms. The Hall–Kier alpha value is -3.02. The van der Waals surface area contributed by atoms with Crippen LogP contribution >= 0.6 is 0 Å². The SMILES string of the molecule is COc1cc(/C=C/C(=O)Nc2c(F)cccc2N2CCCC2)ccc1OC(C)C. The lowest BCUT2D eigenvalue weighted by Gasteiger charge is -2.21. The summed E-state index contributed by atoms with van der Waals surface area (Å²) in [6, 6.07) is 10.3. The van der Waals surface area contributed by atoms with Gasteiger partial charge in [-0.15, -0.1) is 0 Å². The van der Waals surface area contributed by atoms with E-state index >= 15 is 0 Å². The van der Waals surface area contributed by atoms with Gasteiger partial charge in [-0.3, -0.25) is 4.79 Å². The summed E-state index contributed by atoms with van der Waals surface area (Å²) in [6.07, 6.45) is 5.22. The summed E-state index contributed by atoms with van der Waals surface area (Å²) < 4.78 is 25.4. The van der Waals surface area contributed by atoms with Gasteiger partial charge in [0, 0.05) is 19.2 Å². The minimum Gasteiger partial charge on any atom is -0.493 e. The zero-order valence-corrected chi connectivity index (χ0v) is 17.1. The maximum absolute atomic E-state index is 14.4. The van der Waals surface area contributed by atoms with E-state index in [1.54, 1.807) is 31.4 Å². The third-order valence-corrected chi connectivity index (χ3v) is 4.66. The second-order valence-corrected chi connectivity index (χ2v) is 7.23. The number of benzene rings is 2. The lowest BCUT2D eigenvalue weighted by molar-refractivity contribution is -0.111. The number of anilines is 2. The van der Waals surface area contributed by atoms with E-state index in [-0.39, 0.29) is 11.8 Å². The summed E-state index contributed by atoms with van der Waals surface area (Å²) >= 11 is 0. The molecule has 5 nitrogen and oxygen atoms in total. The summed E-state index contributed by atoms with van der Waals surface area (Å²) in [6.45, 7) is 5.62. The zero-order chi connectivity index (χ0) is 20.8. The fraction of sp³-hybridized carbons (Fsp3) is 0.348. The third-order valence-electron chi connectivity index (χ3n) is 4.66. The number of amides is 1. The second kappa shape index (κ2) is 9.45. The van der Waals surface area contributed by atoms with E-state index in [4.69, 9.17) is 9.47 Å². The van der Waals surface area contributed by atoms with E-state index in [0.717, 1.165) is 37.2 Å². The Morgan fingerprint density at radius 3 is 2.62 bits per heavy atom. The molecule has 154 valence electrons. The molecule has 1 fully saturated rings. The average Bonchev–Trinajstić information content (AvgIpc) is 3.23. The van der Waals surface area contributed by atoms with E-state index in [1.807, 2.05) is 26.0 Å². The molecule has 2 aromatic carbocycles. The van der Waals surface area contributed by atoms with Crippen molar-refractivity contribution in [2.24, 2.45) is 0 Å². The molecule has 1 aliphatic rings. The molecule has 1 amide bonds. The van der Waals surface area contributed by atoms with Crippen molar-refractivity contribution >= 4 is 23.4 Å². The first kappa shape index (κ1) is 20.7. The number of halogens is 1. The molecule has 0 radical (unpaired) electrons. The molecular weight excluding hydrogens is 371 g/mol. The molecule has 0 unspecified atom stereocenters. The Bertz CT molecular complexity index is 890. The van der Waals surface area contributed by atoms with Gasteiger partial charge < -0.3 is 19.7 Å². The largest absolute Gasteiger partial charge is 0.493 e. The molecule has 0 saturated carbocycles. The molecule has 0 bridgehead atoms. The van der Waals surface area contributed by atoms with Gasteiger partial charge in [0.1, 0.15) is 11.5 Å². The number of carbonyl (C=O) groups is 1. The summed E-state index contributed by atoms with van der Waals surface area (Å²) in [5, 5.41) is 2.69. The van der Waals surface area contributed by atoms with Crippen molar-refractivity contribution in [1.82, 2.24) is 0 Å². The monoisotopic (exact) mass is 398 g/mol. The Kier molecular flexibility index (Phi) is 6.75. The van der Waals surface area contributed by atoms with Crippen LogP contribution < -0.4 is 19.7 Å². The average molecular weight is 398 g/mol. The quantitative estimate of drug-likeness (QED) is 0.676. The number of rotatable bonds is 7. The number of hydrogen-bond acceptors (Lipinski definition) is 4. The van der Waals surface area contributed by atoms with E-state index < -0.39 is 11.7 Å². The van der Waals surface area contributed by atoms with Crippen LogP contribution in [0.1, 0.15) is 32.3 Å². The van der Waals surface area contributed by atoms with Crippen molar-refractivity contribution in [2.75, 3.05) is 30.4 Å². The predicted octanol–water partition coefficient (Wildman–Crippen LogP) is 4.87. The Balaban J connectivity index is 1.74. The van der Waals surface area contributed by atoms with E-state index in [9.17, 15) is 9.18 Å². The molecular formula is C23H27FN2O3. The lowest BCUT2D eigenvalue weighted by Crippen LogP contribution is -2.21. The smallest absolute Gasteiger partial charge is 0.248 e. The normalized spacial score (nSPS) is 13.9. The predicted molar refractivity (Wildman–Crippen MR) is 114 cm³/mol. The number of ether oxygens (including phenoxy) is 2. The van der Waals surface area contributed by atoms with E-state index in [0.29, 0.717) is 11.5 Å². The van der Waals surface area contributed by atoms with Gasteiger partial charge in [0.15, 0.2) is 11.5 Å². The highest BCUT2D eigenvalue weighted by atomic mass is 19.1. The van der Waals surface area contributed by atoms with Gasteiger partial charge in [0.2, 0.25) is 5.91 Å². The maximum Gasteiger partial charge on any atom is 0.248 e. The highest BCUT2D eigenvalue weighted by Crippen LogP contribution is 2.32. The third kappa shape index (κ3) is 5.28. The molecule has 0 aromatic heterocycles. The van der Waals surface area contributed by atoms with Crippen LogP contribution in [0.2, 0.25) is 0 Å². The zero-order valence-electron chi connectivity index (χ0n) is 17.1. The summed E-state index contributed by atoms with van der Waals surface area (Å²) in [7, 11) is 1.57. The molecule has 3 rings (SSSR count). The first-order valence-electron chi connectivity index (χ1n) is 9.85. The summed E-state index contributed by atoms with van der Waals surface area (Å²) in [5.41, 5.74) is 1.73. The fourth-order valence-electron chi connectivity index (χ4n) is 3.33. The van der Waals surface area contributed by atoms with Crippen molar-refractivity contribution in [3.63, 3.8) is 0 Å². The van der Waals surface area contributed by atoms with Crippen molar-refractivity contribution in [3.8, 4) is 11.5 Å². The van der Waals surface area contributed by atoms with Crippen molar-refractivity contribution < 1.29 is 18.7 Å². The number of nitrogens with one attached hydrogen (secondary N) is 1. The number of hydrogen-bond donors (Lipinski definition) is 1. The molecule has 0 spiro atoms. The molecule has 6 heteroatoms. The summed E-state index contributed by atoms with van der Waals surface area (Å²) in [5.74, 6) is 0.405. The Morgan fingerprint density at radius 2 is 1.93 bits per heavy atom. The minimum absolute atomic E-state index is 0.0293. The number of methoxy groups -OCH3 is 1. The fourth-order valence-corrected chi connectivity index (χ4v) is 3.33. The van der Waals surface area contributed by atoms with Gasteiger partial charge in [0.05, 0.1) is 18.9 Å². The minimum atomic E-state index is -0.437. The molecule has 0 aliphatic carbocycles. The van der Waals surface area contributed by atoms with Crippen LogP contribution in [0.25, 0.3) is 6.08 Å². The van der Waals surface area contributed by atoms with Crippen LogP contribution in [0.5, 0.6) is 11.5 Å². The maximum atomic E-state index is 14.4. The first-order chi connectivity index (χ1) is 14.0. The topological polar surface area (TPSA) is 50.8 Å². The van der Waals surface area contributed by atoms with Gasteiger partial charge in [0.25, 0.3) is 0 Å². The van der Waals surface area contributed by atoms with E-state index in [1.165, 1.54) is 12.1 Å². The van der Waals surface area contributed by atoms with Crippen LogP contribution in [0, 0.1) is 5.82 Å². The molecule has 1 heterocycles. The van der Waals surface area contributed by atoms with Gasteiger partial charge in [-0.1, -0.05) is 12.1 Å². The summed E-state index contributed by atoms with van der Waals surface area (Å²) in [4.78, 5) is 14.5. The van der Waals surface area contributed by atoms with Crippen LogP contribution in [0.3, 0.4) is 0 Å². The van der Waals surface area contributed by atoms with Gasteiger partial charge in [-0.25, -0.2) is 4.39 Å². The van der Waals surface area contributed by atoms with Crippen molar-refractivity contribution in [1.29, 1.82) is 0 Å². The highest BCUT2D eigenvalue weighted by molar-refractivity contribution is 6.04. The first-order valence-corrected chi connectivity index (χ1v) is 9.85. The number of nitrogens with zero attached hydrogens (tertiary/aromatic N) is 1. The number of para-hydroxylation sites is 1. The van der Waals surface area contributed by atoms with Crippen LogP contribution in [0.15, 0.2) is 42.5 Å². The molecule has 1 N–H and O–H groups in total. The molecule has 0 atom stereocenters. The van der Waals surface area contributed by atoms with Gasteiger partial charge in [-0.05, 0) is 62.6 Å². The second-order valence-electron chi connectivity index (χ2n) is 7.23. The lowest BCUT2D eigenvalue weighted by atomic mass is 10.1. The van der Waals surface area contributed by atoms with E-state index in [2.05, 4.69) is 10.2 Å². The number of carbonyl (C=O) groups excluding carboxylic acids is 1. The molecule has 2 aromatic rings. The van der Waals surface area contributed by atoms with Crippen molar-refractivity contribution in [2.45, 2.75) is 32.8 Å². The van der Waals surface area contributed by atoms with Crippen LogP contribution in [-0.4, -0.2) is 32.2 Å². The standard InChI is InChI=1S/C23H27FN2O3/c1-16(2)29-20-11-9-17(15-21(20)28-3)10-12-22(27)25-23-18(24)7-6-8-19(23)26-13-4-5-14-26/h6-12,15-16H,4-5,13-14H2,1-3H3,(H,25,27)/b12-10+. The van der Waals surface area contributed by atoms with Crippen LogP contribution in [0.4, 0.5) is 15.8 Å². The highest BCUT2D eigenvalue weighted by Gasteiger charge is 2.19. The molecule has 1 saturated heterocycles. The van der Waals surface area contributed by atoms with Crippen LogP contribution in [-0.2, 0) is 4.79 Å². The Morgan fingerprint density at radius 1 is 1.17 bits per heavy atom. The van der Waals surface area contributed by atoms with Gasteiger partial charge in [-0.2, -0.15) is 0 Å². The molecule has 1 aliphatic heterocycles.